The highest BCUT2D eigenvalue weighted by Gasteiger charge is 2.31. The summed E-state index contributed by atoms with van der Waals surface area (Å²) < 4.78 is 25.9. The van der Waals surface area contributed by atoms with E-state index in [1.165, 1.54) is 0 Å². The molecule has 0 aliphatic carbocycles. The number of thioether (sulfide) groups is 1. The maximum atomic E-state index is 14.5. The molecule has 2 unspecified atom stereocenters. The first-order valence-electron chi connectivity index (χ1n) is 10.7. The maximum Gasteiger partial charge on any atom is 0.410 e. The number of hydrogen-bond acceptors (Lipinski definition) is 8. The van der Waals surface area contributed by atoms with Crippen LogP contribution in [0.1, 0.15) is 41.5 Å². The fraction of sp³-hybridized carbons (Fsp3) is 0.619. The number of rotatable bonds is 4. The lowest BCUT2D eigenvalue weighted by atomic mass is 10.1. The van der Waals surface area contributed by atoms with Crippen LogP contribution in [0.25, 0.3) is 10.9 Å². The summed E-state index contributed by atoms with van der Waals surface area (Å²) in [5, 5.41) is 2.97. The van der Waals surface area contributed by atoms with Crippen molar-refractivity contribution in [3.63, 3.8) is 0 Å². The molecule has 2 aromatic rings. The van der Waals surface area contributed by atoms with Crippen LogP contribution in [0.5, 0.6) is 5.88 Å². The lowest BCUT2D eigenvalue weighted by Crippen LogP contribution is -2.58. The van der Waals surface area contributed by atoms with E-state index in [1.807, 2.05) is 13.8 Å². The first-order valence-corrected chi connectivity index (χ1v) is 12.3. The van der Waals surface area contributed by atoms with E-state index in [4.69, 9.17) is 21.1 Å². The number of aromatic amines is 1. The maximum absolute atomic E-state index is 14.5. The Bertz CT molecular complexity index is 1050. The normalized spacial score (nSPS) is 17.2. The van der Waals surface area contributed by atoms with Crippen molar-refractivity contribution in [3.05, 3.63) is 21.3 Å². The molecule has 1 saturated heterocycles. The van der Waals surface area contributed by atoms with Gasteiger partial charge in [0.1, 0.15) is 22.6 Å². The molecule has 12 heteroatoms. The second-order valence-corrected chi connectivity index (χ2v) is 9.28. The lowest BCUT2D eigenvalue weighted by Gasteiger charge is -2.37. The van der Waals surface area contributed by atoms with Gasteiger partial charge < -0.3 is 24.7 Å². The average Bonchev–Trinajstić information content (AvgIpc) is 2.77. The lowest BCUT2D eigenvalue weighted by molar-refractivity contribution is 0.0141. The highest BCUT2D eigenvalue weighted by Crippen LogP contribution is 2.28. The number of H-pyrrole nitrogens is 1. The summed E-state index contributed by atoms with van der Waals surface area (Å²) in [5.41, 5.74) is -1.38. The van der Waals surface area contributed by atoms with Crippen molar-refractivity contribution in [3.8, 4) is 5.88 Å². The molecule has 0 aromatic carbocycles. The summed E-state index contributed by atoms with van der Waals surface area (Å²) >= 11 is 7.09. The van der Waals surface area contributed by atoms with Crippen molar-refractivity contribution in [2.45, 2.75) is 64.4 Å². The van der Waals surface area contributed by atoms with E-state index in [0.29, 0.717) is 19.6 Å². The minimum Gasteiger partial charge on any atom is -0.472 e. The van der Waals surface area contributed by atoms with Crippen molar-refractivity contribution in [2.75, 3.05) is 25.9 Å². The quantitative estimate of drug-likeness (QED) is 0.368. The van der Waals surface area contributed by atoms with Gasteiger partial charge in [-0.25, -0.2) is 14.2 Å². The Morgan fingerprint density at radius 2 is 2.00 bits per heavy atom. The number of aromatic nitrogens is 3. The summed E-state index contributed by atoms with van der Waals surface area (Å²) in [6.07, 6.45) is 0.766. The topological polar surface area (TPSA) is 109 Å². The van der Waals surface area contributed by atoms with Gasteiger partial charge in [-0.1, -0.05) is 37.2 Å². The highest BCUT2D eigenvalue weighted by molar-refractivity contribution is 7.98. The zero-order chi connectivity index (χ0) is 24.9. The van der Waals surface area contributed by atoms with E-state index >= 15 is 0 Å². The second kappa shape index (κ2) is 11.3. The molecule has 0 bridgehead atoms. The molecule has 2 aromatic heterocycles. The summed E-state index contributed by atoms with van der Waals surface area (Å²) in [5.74, 6) is -1.00. The molecular formula is C21H31ClFN5O4S. The number of nitrogens with one attached hydrogen (secondary N) is 2. The summed E-state index contributed by atoms with van der Waals surface area (Å²) in [6.45, 7) is 12.5. The monoisotopic (exact) mass is 503 g/mol. The number of carbonyl (C=O) groups is 1. The van der Waals surface area contributed by atoms with Crippen LogP contribution < -0.4 is 15.6 Å². The molecule has 3 rings (SSSR count). The zero-order valence-corrected chi connectivity index (χ0v) is 21.5. The first-order chi connectivity index (χ1) is 15.5. The van der Waals surface area contributed by atoms with Crippen molar-refractivity contribution < 1.29 is 18.7 Å². The molecule has 2 N–H and O–H groups in total. The Hall–Kier alpha value is -2.11. The number of amides is 1. The Kier molecular flexibility index (Phi) is 9.33. The summed E-state index contributed by atoms with van der Waals surface area (Å²) in [7, 11) is 0. The molecule has 1 aliphatic heterocycles. The van der Waals surface area contributed by atoms with Crippen LogP contribution in [0.2, 0.25) is 5.15 Å². The van der Waals surface area contributed by atoms with Crippen LogP contribution in [0, 0.1) is 5.82 Å². The third kappa shape index (κ3) is 6.70. The molecule has 1 aliphatic rings. The summed E-state index contributed by atoms with van der Waals surface area (Å²) in [4.78, 5) is 37.1. The highest BCUT2D eigenvalue weighted by atomic mass is 35.5. The largest absolute Gasteiger partial charge is 0.472 e. The number of pyridine rings is 1. The van der Waals surface area contributed by atoms with Crippen LogP contribution in [-0.2, 0) is 4.74 Å². The van der Waals surface area contributed by atoms with Gasteiger partial charge in [0.2, 0.25) is 5.88 Å². The van der Waals surface area contributed by atoms with E-state index in [9.17, 15) is 14.0 Å². The minimum atomic E-state index is -0.884. The second-order valence-electron chi connectivity index (χ2n) is 8.13. The van der Waals surface area contributed by atoms with Gasteiger partial charge in [0.25, 0.3) is 5.56 Å². The fourth-order valence-corrected chi connectivity index (χ4v) is 3.67. The van der Waals surface area contributed by atoms with Crippen LogP contribution in [0.15, 0.2) is 9.95 Å². The predicted octanol–water partition coefficient (Wildman–Crippen LogP) is 3.83. The molecule has 2 atom stereocenters. The molecule has 0 radical (unpaired) electrons. The van der Waals surface area contributed by atoms with Gasteiger partial charge >= 0.3 is 6.09 Å². The van der Waals surface area contributed by atoms with E-state index in [-0.39, 0.29) is 28.0 Å². The Morgan fingerprint density at radius 3 is 2.61 bits per heavy atom. The number of fused-ring (bicyclic) bond motifs is 1. The van der Waals surface area contributed by atoms with Gasteiger partial charge in [0.05, 0.1) is 6.04 Å². The Morgan fingerprint density at radius 1 is 1.33 bits per heavy atom. The van der Waals surface area contributed by atoms with Gasteiger partial charge in [0.15, 0.2) is 16.1 Å². The summed E-state index contributed by atoms with van der Waals surface area (Å²) in [6, 6.07) is -0.278. The van der Waals surface area contributed by atoms with Crippen molar-refractivity contribution >= 4 is 40.4 Å². The number of hydrogen-bond donors (Lipinski definition) is 2. The van der Waals surface area contributed by atoms with Crippen LogP contribution in [-0.4, -0.2) is 69.6 Å². The van der Waals surface area contributed by atoms with E-state index in [0.717, 1.165) is 11.8 Å². The Labute approximate surface area is 201 Å². The average molecular weight is 504 g/mol. The van der Waals surface area contributed by atoms with Crippen LogP contribution in [0.3, 0.4) is 0 Å². The molecule has 33 heavy (non-hydrogen) atoms. The molecule has 3 heterocycles. The van der Waals surface area contributed by atoms with E-state index in [1.54, 1.807) is 38.9 Å². The van der Waals surface area contributed by atoms with E-state index < -0.39 is 34.3 Å². The van der Waals surface area contributed by atoms with Crippen molar-refractivity contribution in [2.24, 2.45) is 0 Å². The number of ether oxygens (including phenoxy) is 2. The smallest absolute Gasteiger partial charge is 0.410 e. The molecule has 1 fully saturated rings. The predicted molar refractivity (Wildman–Crippen MR) is 128 cm³/mol. The van der Waals surface area contributed by atoms with Crippen molar-refractivity contribution in [1.82, 2.24) is 25.2 Å². The standard InChI is InChI=1S/C19H25ClFN5O4S.C2H6/c1-9(10-8-26(7-6-22-10)18(28)30-19(2,3)4)29-16-11-13(12(21)14(20)24-16)23-17(31-5)25-15(11)27;1-2/h9-10,22H,6-8H2,1-5H3,(H,23,25,27);1-2H3. The van der Waals surface area contributed by atoms with Gasteiger partial charge in [-0.2, -0.15) is 4.98 Å². The number of nitrogens with zero attached hydrogens (tertiary/aromatic N) is 3. The molecule has 1 amide bonds. The minimum absolute atomic E-state index is 0.119. The zero-order valence-electron chi connectivity index (χ0n) is 19.9. The van der Waals surface area contributed by atoms with Gasteiger partial charge in [-0.15, -0.1) is 0 Å². The molecular weight excluding hydrogens is 473 g/mol. The Balaban J connectivity index is 0.00000187. The van der Waals surface area contributed by atoms with E-state index in [2.05, 4.69) is 20.3 Å². The number of piperazine rings is 1. The molecule has 9 nitrogen and oxygen atoms in total. The van der Waals surface area contributed by atoms with Crippen LogP contribution in [0.4, 0.5) is 9.18 Å². The van der Waals surface area contributed by atoms with Crippen LogP contribution >= 0.6 is 23.4 Å². The number of halogens is 2. The molecule has 184 valence electrons. The third-order valence-corrected chi connectivity index (χ3v) is 5.45. The van der Waals surface area contributed by atoms with Gasteiger partial charge in [-0.3, -0.25) is 4.79 Å². The SMILES string of the molecule is CC.CSc1nc2c(F)c(Cl)nc(OC(C)C3CN(C(=O)OC(C)(C)C)CCN3)c2c(=O)[nH]1. The van der Waals surface area contributed by atoms with Crippen molar-refractivity contribution in [1.29, 1.82) is 0 Å². The van der Waals surface area contributed by atoms with Gasteiger partial charge in [0, 0.05) is 19.6 Å². The molecule has 0 spiro atoms. The van der Waals surface area contributed by atoms with Gasteiger partial charge in [-0.05, 0) is 34.0 Å². The third-order valence-electron chi connectivity index (χ3n) is 4.61. The first kappa shape index (κ1) is 27.1. The fourth-order valence-electron chi connectivity index (χ4n) is 3.13. The molecule has 0 saturated carbocycles. The number of carbonyl (C=O) groups excluding carboxylic acids is 1.